The van der Waals surface area contributed by atoms with Gasteiger partial charge in [0.05, 0.1) is 13.2 Å². The number of carbonyl (C=O) groups is 2. The highest BCUT2D eigenvalue weighted by Crippen LogP contribution is 2.49. The molecule has 1 saturated carbocycles. The summed E-state index contributed by atoms with van der Waals surface area (Å²) in [5.41, 5.74) is 0. The van der Waals surface area contributed by atoms with Crippen molar-refractivity contribution in [3.8, 4) is 47.5 Å². The van der Waals surface area contributed by atoms with Gasteiger partial charge in [-0.15, -0.1) is 0 Å². The van der Waals surface area contributed by atoms with Gasteiger partial charge in [-0.05, 0) is 37.5 Å². The Morgan fingerprint density at radius 1 is 0.661 bits per heavy atom. The summed E-state index contributed by atoms with van der Waals surface area (Å²) in [5.74, 6) is 16.9. The molecule has 0 radical (unpaired) electrons. The van der Waals surface area contributed by atoms with Crippen LogP contribution >= 0.6 is 15.6 Å². The van der Waals surface area contributed by atoms with E-state index < -0.39 is 84.3 Å². The first-order valence-electron chi connectivity index (χ1n) is 19.7. The molecular formula is C39H77NO17P2. The van der Waals surface area contributed by atoms with E-state index in [1.54, 1.807) is 6.92 Å². The molecule has 0 spiro atoms. The normalized spacial score (nSPS) is 21.1. The number of phosphoric acid groups is 2. The minimum atomic E-state index is -5.32. The van der Waals surface area contributed by atoms with Gasteiger partial charge in [0.1, 0.15) is 49.5 Å². The molecule has 0 aliphatic heterocycles. The lowest BCUT2D eigenvalue weighted by Gasteiger charge is -2.43. The minimum absolute atomic E-state index is 0. The number of phosphoric ester groups is 2. The van der Waals surface area contributed by atoms with Crippen LogP contribution in [0.15, 0.2) is 0 Å². The maximum absolute atomic E-state index is 12.5. The Morgan fingerprint density at radius 3 is 1.68 bits per heavy atom. The van der Waals surface area contributed by atoms with Crippen LogP contribution in [0.25, 0.3) is 0 Å². The van der Waals surface area contributed by atoms with Gasteiger partial charge in [0.2, 0.25) is 5.91 Å². The van der Waals surface area contributed by atoms with E-state index in [9.17, 15) is 44.0 Å². The molecule has 4 unspecified atom stereocenters. The van der Waals surface area contributed by atoms with E-state index in [0.29, 0.717) is 12.8 Å². The highest BCUT2D eigenvalue weighted by molar-refractivity contribution is 7.47. The molecule has 1 aliphatic rings. The second-order valence-corrected chi connectivity index (χ2v) is 16.0. The van der Waals surface area contributed by atoms with E-state index in [0.717, 1.165) is 32.1 Å². The van der Waals surface area contributed by atoms with Crippen molar-refractivity contribution in [3.05, 3.63) is 0 Å². The topological polar surface area (TPSA) is 288 Å². The molecule has 1 fully saturated rings. The number of esters is 1. The lowest BCUT2D eigenvalue weighted by Crippen LogP contribution is -2.64. The van der Waals surface area contributed by atoms with E-state index in [-0.39, 0.29) is 22.3 Å². The number of aliphatic hydroxyl groups is 5. The van der Waals surface area contributed by atoms with Gasteiger partial charge in [-0.3, -0.25) is 28.5 Å². The number of carbonyl (C=O) groups excluding carboxylic acids is 2. The van der Waals surface area contributed by atoms with Gasteiger partial charge in [-0.25, -0.2) is 9.13 Å². The Hall–Kier alpha value is -2.84. The number of nitrogens with one attached hydrogen (secondary N) is 1. The van der Waals surface area contributed by atoms with Gasteiger partial charge >= 0.3 is 21.6 Å². The molecule has 0 aromatic rings. The predicted octanol–water partition coefficient (Wildman–Crippen LogP) is 4.40. The molecule has 0 saturated heterocycles. The number of amides is 1. The lowest BCUT2D eigenvalue weighted by molar-refractivity contribution is -0.216. The highest BCUT2D eigenvalue weighted by atomic mass is 31.2. The minimum Gasteiger partial charge on any atom is -0.457 e. The van der Waals surface area contributed by atoms with Crippen molar-refractivity contribution >= 4 is 27.5 Å². The van der Waals surface area contributed by atoms with Gasteiger partial charge in [0.15, 0.2) is 0 Å². The van der Waals surface area contributed by atoms with Gasteiger partial charge in [0.25, 0.3) is 0 Å². The molecule has 0 bridgehead atoms. The summed E-state index contributed by atoms with van der Waals surface area (Å²) in [5, 5.41) is 51.7. The highest BCUT2D eigenvalue weighted by Gasteiger charge is 2.54. The molecule has 18 nitrogen and oxygen atoms in total. The first kappa shape index (κ1) is 56.2. The Kier molecular flexibility index (Phi) is 32.2. The van der Waals surface area contributed by atoms with Crippen LogP contribution in [0.5, 0.6) is 0 Å². The summed E-state index contributed by atoms with van der Waals surface area (Å²) >= 11 is 0. The number of unbranched alkanes of at least 4 members (excludes halogenated alkanes) is 12. The van der Waals surface area contributed by atoms with Crippen LogP contribution in [0.1, 0.15) is 133 Å². The second-order valence-electron chi connectivity index (χ2n) is 13.4. The van der Waals surface area contributed by atoms with Crippen LogP contribution in [0.4, 0.5) is 0 Å². The molecule has 0 heterocycles. The maximum atomic E-state index is 12.5. The third-order valence-corrected chi connectivity index (χ3v) is 9.84. The Balaban J connectivity index is -0.000000220. The van der Waals surface area contributed by atoms with E-state index in [2.05, 4.69) is 64.3 Å². The number of rotatable bonds is 27. The molecule has 59 heavy (non-hydrogen) atoms. The SMILES string of the molecule is CC#CC#CC#CC#CNC(=O)CCC.CCCCCCCCCCCCCCCC(=O)O[C@H](COCO)COP(=O)(O)OC1C(O)[C@H](OP(=O)(O)O)[C@H](O)C(O)[C@@H]1O.[HH].[HH].[HH].[HH].[HH].[HH].[HH]. The quantitative estimate of drug-likeness (QED) is 0.0138. The first-order valence-corrected chi connectivity index (χ1v) is 22.8. The van der Waals surface area contributed by atoms with Crippen molar-refractivity contribution in [3.63, 3.8) is 0 Å². The molecule has 1 rings (SSSR count). The van der Waals surface area contributed by atoms with Crippen molar-refractivity contribution < 1.29 is 92.0 Å². The number of hydrogen-bond acceptors (Lipinski definition) is 14. The Bertz CT molecular complexity index is 1580. The fraction of sp³-hybridized carbons (Fsp3) is 0.744. The molecule has 0 aromatic heterocycles. The van der Waals surface area contributed by atoms with Gasteiger partial charge < -0.3 is 49.7 Å². The van der Waals surface area contributed by atoms with Gasteiger partial charge in [-0.2, -0.15) is 0 Å². The van der Waals surface area contributed by atoms with Crippen molar-refractivity contribution in [2.24, 2.45) is 0 Å². The summed E-state index contributed by atoms with van der Waals surface area (Å²) in [7, 11) is -10.5. The second kappa shape index (κ2) is 33.8. The van der Waals surface area contributed by atoms with Crippen molar-refractivity contribution in [1.82, 2.24) is 5.32 Å². The summed E-state index contributed by atoms with van der Waals surface area (Å²) in [6, 6.07) is 2.43. The standard InChI is InChI=1S/C26H52O16P2.C13H11NO.7H2/c1-2-3-4-5-6-7-8-9-10-11-12-13-14-15-20(28)40-19(16-38-18-27)17-39-44(36,37)42-26-23(31)21(29)22(30)25(24(26)32)41-43(33,34)35;1-3-5-6-7-8-9-10-12-14-13(15)11-4-2;;;;;;;/h19,21-27,29-32H,2-18H2,1H3,(H,36,37)(H2,33,34,35);4,11H2,1-2H3,(H,14,15);7*1H/t19-,21?,22-,23+,24?,25-,26?;;;;;;;;/m1......../s1. The van der Waals surface area contributed by atoms with Gasteiger partial charge in [0, 0.05) is 46.6 Å². The average Bonchev–Trinajstić information content (AvgIpc) is 3.18. The van der Waals surface area contributed by atoms with Crippen LogP contribution in [0, 0.1) is 47.5 Å². The first-order chi connectivity index (χ1) is 28.0. The average molecular weight is 894 g/mol. The molecular weight excluding hydrogens is 816 g/mol. The van der Waals surface area contributed by atoms with Crippen LogP contribution in [0.2, 0.25) is 0 Å². The van der Waals surface area contributed by atoms with E-state index in [4.69, 9.17) is 33.4 Å². The third kappa shape index (κ3) is 29.1. The summed E-state index contributed by atoms with van der Waals surface area (Å²) < 4.78 is 47.5. The fourth-order valence-electron chi connectivity index (χ4n) is 5.39. The van der Waals surface area contributed by atoms with Crippen LogP contribution in [0.3, 0.4) is 0 Å². The zero-order valence-electron chi connectivity index (χ0n) is 34.1. The van der Waals surface area contributed by atoms with Crippen molar-refractivity contribution in [2.75, 3.05) is 20.0 Å². The molecule has 0 aromatic carbocycles. The van der Waals surface area contributed by atoms with E-state index in [1.807, 2.05) is 6.92 Å². The third-order valence-electron chi connectivity index (χ3n) is 8.34. The summed E-state index contributed by atoms with van der Waals surface area (Å²) in [6.45, 7) is 3.88. The molecule has 1 aliphatic carbocycles. The predicted molar refractivity (Wildman–Crippen MR) is 229 cm³/mol. The molecule has 350 valence electrons. The zero-order valence-corrected chi connectivity index (χ0v) is 35.9. The van der Waals surface area contributed by atoms with Crippen molar-refractivity contribution in [2.45, 2.75) is 166 Å². The van der Waals surface area contributed by atoms with E-state index in [1.165, 1.54) is 51.4 Å². The summed E-state index contributed by atoms with van der Waals surface area (Å²) in [4.78, 5) is 51.4. The van der Waals surface area contributed by atoms with Gasteiger partial charge in [-0.1, -0.05) is 96.8 Å². The molecule has 1 amide bonds. The zero-order chi connectivity index (χ0) is 44.5. The number of aliphatic hydroxyl groups excluding tert-OH is 5. The monoisotopic (exact) mass is 893 g/mol. The molecule has 8 atom stereocenters. The maximum Gasteiger partial charge on any atom is 0.472 e. The lowest BCUT2D eigenvalue weighted by atomic mass is 9.85. The van der Waals surface area contributed by atoms with Crippen LogP contribution in [-0.4, -0.2) is 115 Å². The Morgan fingerprint density at radius 2 is 1.17 bits per heavy atom. The molecule has 20 heteroatoms. The summed E-state index contributed by atoms with van der Waals surface area (Å²) in [6.07, 6.45) is 1.53. The molecule has 9 N–H and O–H groups in total. The number of ether oxygens (including phenoxy) is 2. The Labute approximate surface area is 358 Å². The smallest absolute Gasteiger partial charge is 0.457 e. The van der Waals surface area contributed by atoms with Crippen LogP contribution in [-0.2, 0) is 41.8 Å². The van der Waals surface area contributed by atoms with Crippen molar-refractivity contribution in [1.29, 1.82) is 0 Å². The number of hydrogen-bond donors (Lipinski definition) is 9. The fourth-order valence-corrected chi connectivity index (χ4v) is 6.93. The van der Waals surface area contributed by atoms with Crippen LogP contribution < -0.4 is 5.32 Å². The largest absolute Gasteiger partial charge is 0.472 e. The van der Waals surface area contributed by atoms with E-state index >= 15 is 0 Å².